The van der Waals surface area contributed by atoms with Crippen LogP contribution < -0.4 is 26.6 Å². The minimum absolute atomic E-state index is 0.144. The molecule has 6 amide bonds. The number of carboxylic acids is 2. The van der Waals surface area contributed by atoms with Gasteiger partial charge in [0, 0.05) is 19.2 Å². The molecule has 0 aromatic carbocycles. The lowest BCUT2D eigenvalue weighted by Gasteiger charge is -2.33. The second-order valence-corrected chi connectivity index (χ2v) is 12.8. The van der Waals surface area contributed by atoms with Gasteiger partial charge in [-0.15, -0.1) is 0 Å². The topological polar surface area (TPSA) is 240 Å². The molecular formula is C30H50N6O10S. The normalized spacial score (nSPS) is 18.3. The molecule has 1 rings (SSSR count). The summed E-state index contributed by atoms with van der Waals surface area (Å²) in [5, 5.41) is 31.0. The molecule has 1 aliphatic rings. The van der Waals surface area contributed by atoms with Crippen molar-refractivity contribution in [2.45, 2.75) is 110 Å². The summed E-state index contributed by atoms with van der Waals surface area (Å²) in [4.78, 5) is 102. The molecule has 7 N–H and O–H groups in total. The molecule has 1 aliphatic heterocycles. The fourth-order valence-electron chi connectivity index (χ4n) is 5.05. The maximum atomic E-state index is 13.7. The maximum absolute atomic E-state index is 13.7. The van der Waals surface area contributed by atoms with Gasteiger partial charge in [-0.2, -0.15) is 12.6 Å². The molecule has 0 spiro atoms. The molecule has 16 nitrogen and oxygen atoms in total. The van der Waals surface area contributed by atoms with Gasteiger partial charge in [0.2, 0.25) is 35.4 Å². The van der Waals surface area contributed by atoms with E-state index in [9.17, 15) is 43.5 Å². The molecule has 0 aliphatic carbocycles. The van der Waals surface area contributed by atoms with E-state index in [1.807, 2.05) is 0 Å². The molecule has 0 saturated carbocycles. The Morgan fingerprint density at radius 3 is 1.77 bits per heavy atom. The third-order valence-corrected chi connectivity index (χ3v) is 8.34. The predicted octanol–water partition coefficient (Wildman–Crippen LogP) is -0.731. The van der Waals surface area contributed by atoms with E-state index in [-0.39, 0.29) is 12.3 Å². The van der Waals surface area contributed by atoms with E-state index >= 15 is 0 Å². The Morgan fingerprint density at radius 2 is 1.30 bits per heavy atom. The van der Waals surface area contributed by atoms with Crippen molar-refractivity contribution in [3.8, 4) is 0 Å². The van der Waals surface area contributed by atoms with Crippen molar-refractivity contribution in [1.82, 2.24) is 31.5 Å². The highest BCUT2D eigenvalue weighted by atomic mass is 32.1. The van der Waals surface area contributed by atoms with Gasteiger partial charge in [-0.25, -0.2) is 4.79 Å². The highest BCUT2D eigenvalue weighted by Gasteiger charge is 2.41. The summed E-state index contributed by atoms with van der Waals surface area (Å²) in [5.74, 6) is -8.21. The standard InChI is InChI=1S/C30H50N6O10S/c1-8-16(6)24(35-27(42)22(14(2)3)33-25(40)18(12-21(38)39)31-17(7)37)28(43)34-23(15(4)5)29(44)36-11-9-10-20(36)26(41)32-19(13-47)30(45)46/h14-16,18-20,22-24,47H,8-13H2,1-7H3,(H,31,37)(H,32,41)(H,33,40)(H,34,43)(H,35,42)(H,38,39)(H,45,46)/t16-,18-,19-,20-,22-,23-,24-/m0/s1. The molecular weight excluding hydrogens is 636 g/mol. The van der Waals surface area contributed by atoms with Crippen LogP contribution in [0.2, 0.25) is 0 Å². The molecule has 1 heterocycles. The molecule has 7 atom stereocenters. The van der Waals surface area contributed by atoms with E-state index < -0.39 is 108 Å². The average Bonchev–Trinajstić information content (AvgIpc) is 3.48. The monoisotopic (exact) mass is 686 g/mol. The quantitative estimate of drug-likeness (QED) is 0.0841. The molecule has 0 unspecified atom stereocenters. The largest absolute Gasteiger partial charge is 0.481 e. The number of nitrogens with one attached hydrogen (secondary N) is 5. The fourth-order valence-corrected chi connectivity index (χ4v) is 5.30. The smallest absolute Gasteiger partial charge is 0.327 e. The zero-order valence-corrected chi connectivity index (χ0v) is 28.9. The Balaban J connectivity index is 3.19. The van der Waals surface area contributed by atoms with Gasteiger partial charge in [0.15, 0.2) is 0 Å². The van der Waals surface area contributed by atoms with Crippen LogP contribution in [0.15, 0.2) is 0 Å². The Hall–Kier alpha value is -3.89. The van der Waals surface area contributed by atoms with E-state index in [2.05, 4.69) is 39.2 Å². The number of likely N-dealkylation sites (tertiary alicyclic amines) is 1. The van der Waals surface area contributed by atoms with Crippen molar-refractivity contribution in [3.63, 3.8) is 0 Å². The van der Waals surface area contributed by atoms with Crippen molar-refractivity contribution in [2.75, 3.05) is 12.3 Å². The van der Waals surface area contributed by atoms with E-state index in [4.69, 9.17) is 5.11 Å². The van der Waals surface area contributed by atoms with Gasteiger partial charge in [-0.1, -0.05) is 48.0 Å². The first-order chi connectivity index (χ1) is 21.9. The number of nitrogens with zero attached hydrogens (tertiary/aromatic N) is 1. The number of rotatable bonds is 18. The summed E-state index contributed by atoms with van der Waals surface area (Å²) in [5.41, 5.74) is 0. The number of hydrogen-bond donors (Lipinski definition) is 8. The van der Waals surface area contributed by atoms with E-state index in [1.54, 1.807) is 41.5 Å². The third-order valence-electron chi connectivity index (χ3n) is 7.98. The summed E-state index contributed by atoms with van der Waals surface area (Å²) in [6.07, 6.45) is 0.531. The number of carbonyl (C=O) groups is 8. The van der Waals surface area contributed by atoms with Crippen LogP contribution in [0.5, 0.6) is 0 Å². The summed E-state index contributed by atoms with van der Waals surface area (Å²) < 4.78 is 0. The maximum Gasteiger partial charge on any atom is 0.327 e. The number of carbonyl (C=O) groups excluding carboxylic acids is 6. The minimum atomic E-state index is -1.44. The van der Waals surface area contributed by atoms with Crippen molar-refractivity contribution < 1.29 is 48.6 Å². The molecule has 0 aromatic heterocycles. The second kappa shape index (κ2) is 19.1. The Kier molecular flexibility index (Phi) is 16.7. The lowest BCUT2D eigenvalue weighted by atomic mass is 9.95. The van der Waals surface area contributed by atoms with E-state index in [0.29, 0.717) is 19.3 Å². The first kappa shape index (κ1) is 41.1. The summed E-state index contributed by atoms with van der Waals surface area (Å²) in [7, 11) is 0. The summed E-state index contributed by atoms with van der Waals surface area (Å²) in [6.45, 7) is 11.6. The highest BCUT2D eigenvalue weighted by molar-refractivity contribution is 7.80. The number of thiol groups is 1. The Morgan fingerprint density at radius 1 is 0.766 bits per heavy atom. The lowest BCUT2D eigenvalue weighted by Crippen LogP contribution is -2.62. The van der Waals surface area contributed by atoms with E-state index in [0.717, 1.165) is 6.92 Å². The van der Waals surface area contributed by atoms with Gasteiger partial charge in [0.25, 0.3) is 0 Å². The van der Waals surface area contributed by atoms with Gasteiger partial charge in [-0.3, -0.25) is 33.6 Å². The second-order valence-electron chi connectivity index (χ2n) is 12.5. The van der Waals surface area contributed by atoms with E-state index in [1.165, 1.54) is 4.90 Å². The van der Waals surface area contributed by atoms with Crippen LogP contribution in [0, 0.1) is 17.8 Å². The molecule has 0 bridgehead atoms. The van der Waals surface area contributed by atoms with Crippen molar-refractivity contribution >= 4 is 60.0 Å². The molecule has 17 heteroatoms. The van der Waals surface area contributed by atoms with Crippen LogP contribution in [-0.2, 0) is 38.4 Å². The average molecular weight is 687 g/mol. The van der Waals surface area contributed by atoms with Crippen molar-refractivity contribution in [1.29, 1.82) is 0 Å². The van der Waals surface area contributed by atoms with Crippen LogP contribution in [0.25, 0.3) is 0 Å². The van der Waals surface area contributed by atoms with Crippen LogP contribution in [-0.4, -0.2) is 111 Å². The number of aliphatic carboxylic acids is 2. The lowest BCUT2D eigenvalue weighted by molar-refractivity contribution is -0.145. The van der Waals surface area contributed by atoms with Crippen LogP contribution in [0.3, 0.4) is 0 Å². The molecule has 266 valence electrons. The summed E-state index contributed by atoms with van der Waals surface area (Å²) >= 11 is 3.96. The van der Waals surface area contributed by atoms with Gasteiger partial charge >= 0.3 is 11.9 Å². The predicted molar refractivity (Wildman–Crippen MR) is 173 cm³/mol. The van der Waals surface area contributed by atoms with Crippen LogP contribution in [0.1, 0.15) is 74.1 Å². The fraction of sp³-hybridized carbons (Fsp3) is 0.733. The van der Waals surface area contributed by atoms with Crippen LogP contribution in [0.4, 0.5) is 0 Å². The van der Waals surface area contributed by atoms with Gasteiger partial charge < -0.3 is 41.7 Å². The Labute approximate surface area is 280 Å². The number of amides is 6. The SMILES string of the molecule is CC[C@H](C)[C@H](NC(=O)[C@@H](NC(=O)[C@H](CC(=O)O)NC(C)=O)C(C)C)C(=O)N[C@H](C(=O)N1CCC[C@H]1C(=O)N[C@@H](CS)C(=O)O)C(C)C. The molecule has 47 heavy (non-hydrogen) atoms. The molecule has 1 saturated heterocycles. The Bertz CT molecular complexity index is 1170. The minimum Gasteiger partial charge on any atom is -0.481 e. The van der Waals surface area contributed by atoms with Crippen molar-refractivity contribution in [3.05, 3.63) is 0 Å². The third kappa shape index (κ3) is 12.3. The first-order valence-corrected chi connectivity index (χ1v) is 16.3. The molecule has 1 fully saturated rings. The zero-order chi connectivity index (χ0) is 36.2. The van der Waals surface area contributed by atoms with Gasteiger partial charge in [0.1, 0.15) is 36.3 Å². The number of hydrogen-bond acceptors (Lipinski definition) is 9. The van der Waals surface area contributed by atoms with Crippen LogP contribution >= 0.6 is 12.6 Å². The zero-order valence-electron chi connectivity index (χ0n) is 28.0. The molecule has 0 radical (unpaired) electrons. The first-order valence-electron chi connectivity index (χ1n) is 15.7. The molecule has 0 aromatic rings. The number of carboxylic acid groups (broad SMARTS) is 2. The highest BCUT2D eigenvalue weighted by Crippen LogP contribution is 2.21. The van der Waals surface area contributed by atoms with Gasteiger partial charge in [0.05, 0.1) is 6.42 Å². The van der Waals surface area contributed by atoms with Gasteiger partial charge in [-0.05, 0) is 30.6 Å². The van der Waals surface area contributed by atoms with Crippen molar-refractivity contribution in [2.24, 2.45) is 17.8 Å². The summed E-state index contributed by atoms with van der Waals surface area (Å²) in [6, 6.07) is -7.05.